The zero-order valence-corrected chi connectivity index (χ0v) is 18.6. The van der Waals surface area contributed by atoms with Crippen LogP contribution in [0.5, 0.6) is 0 Å². The van der Waals surface area contributed by atoms with Crippen LogP contribution in [0.4, 0.5) is 5.95 Å². The largest absolute Gasteiger partial charge is 0.347 e. The van der Waals surface area contributed by atoms with Crippen molar-refractivity contribution in [2.75, 3.05) is 39.1 Å². The minimum atomic E-state index is 0.713. The van der Waals surface area contributed by atoms with Crippen LogP contribution in [0.25, 0.3) is 27.8 Å². The number of aromatic nitrogens is 4. The van der Waals surface area contributed by atoms with E-state index >= 15 is 0 Å². The van der Waals surface area contributed by atoms with E-state index in [-0.39, 0.29) is 0 Å². The van der Waals surface area contributed by atoms with E-state index in [1.165, 1.54) is 22.2 Å². The van der Waals surface area contributed by atoms with Crippen molar-refractivity contribution in [2.24, 2.45) is 0 Å². The number of fused-ring (bicyclic) bond motifs is 3. The van der Waals surface area contributed by atoms with E-state index in [1.54, 1.807) is 0 Å². The maximum absolute atomic E-state index is 4.86. The molecule has 0 amide bonds. The van der Waals surface area contributed by atoms with E-state index in [9.17, 15) is 0 Å². The molecule has 4 heterocycles. The number of hydrogen-bond acceptors (Lipinski definition) is 5. The fourth-order valence-corrected chi connectivity index (χ4v) is 4.44. The third-order valence-corrected chi connectivity index (χ3v) is 6.11. The van der Waals surface area contributed by atoms with Gasteiger partial charge in [-0.1, -0.05) is 12.1 Å². The van der Waals surface area contributed by atoms with Gasteiger partial charge in [-0.25, -0.2) is 15.0 Å². The summed E-state index contributed by atoms with van der Waals surface area (Å²) in [7, 11) is 6.11. The highest BCUT2D eigenvalue weighted by atomic mass is 15.2. The van der Waals surface area contributed by atoms with Crippen molar-refractivity contribution in [3.63, 3.8) is 0 Å². The lowest BCUT2D eigenvalue weighted by molar-refractivity contribution is 0.351. The summed E-state index contributed by atoms with van der Waals surface area (Å²) in [6.45, 7) is 4.26. The maximum Gasteiger partial charge on any atom is 0.224 e. The van der Waals surface area contributed by atoms with Gasteiger partial charge in [0.2, 0.25) is 5.95 Å². The smallest absolute Gasteiger partial charge is 0.224 e. The van der Waals surface area contributed by atoms with E-state index in [2.05, 4.69) is 63.7 Å². The van der Waals surface area contributed by atoms with Crippen LogP contribution in [0.1, 0.15) is 16.8 Å². The number of rotatable bonds is 3. The number of pyridine rings is 1. The third kappa shape index (κ3) is 3.57. The highest BCUT2D eigenvalue weighted by molar-refractivity contribution is 5.85. The summed E-state index contributed by atoms with van der Waals surface area (Å²) in [6.07, 6.45) is 7.84. The molecule has 1 aromatic carbocycles. The van der Waals surface area contributed by atoms with Crippen LogP contribution in [-0.4, -0.2) is 58.7 Å². The molecule has 0 atom stereocenters. The molecule has 0 fully saturated rings. The molecular formula is C25H28N6. The molecule has 0 saturated carbocycles. The summed E-state index contributed by atoms with van der Waals surface area (Å²) in [5.74, 6) is 0.713. The standard InChI is InChI=1S/C25H28N6/c1-17-12-22-21-8-10-30(4)11-9-23(21)31(24(22)26-14-17)20-7-5-6-18(13-20)19-15-27-25(28-16-19)29(2)3/h5-7,12-16H,8-11H2,1-4H3. The molecule has 0 unspecified atom stereocenters. The summed E-state index contributed by atoms with van der Waals surface area (Å²) in [4.78, 5) is 18.2. The predicted molar refractivity (Wildman–Crippen MR) is 126 cm³/mol. The van der Waals surface area contributed by atoms with Crippen LogP contribution < -0.4 is 4.90 Å². The minimum Gasteiger partial charge on any atom is -0.347 e. The van der Waals surface area contributed by atoms with Crippen molar-refractivity contribution < 1.29 is 0 Å². The second kappa shape index (κ2) is 7.78. The van der Waals surface area contributed by atoms with Crippen molar-refractivity contribution in [1.29, 1.82) is 0 Å². The molecule has 0 N–H and O–H groups in total. The van der Waals surface area contributed by atoms with Gasteiger partial charge in [0, 0.05) is 74.5 Å². The normalized spacial score (nSPS) is 14.5. The number of aryl methyl sites for hydroxylation is 1. The second-order valence-electron chi connectivity index (χ2n) is 8.66. The first kappa shape index (κ1) is 19.7. The van der Waals surface area contributed by atoms with Crippen LogP contribution in [0, 0.1) is 6.92 Å². The van der Waals surface area contributed by atoms with Gasteiger partial charge in [0.05, 0.1) is 0 Å². The van der Waals surface area contributed by atoms with E-state index in [0.717, 1.165) is 48.4 Å². The lowest BCUT2D eigenvalue weighted by Crippen LogP contribution is -2.21. The lowest BCUT2D eigenvalue weighted by Gasteiger charge is -2.15. The number of hydrogen-bond donors (Lipinski definition) is 0. The van der Waals surface area contributed by atoms with Crippen LogP contribution in [0.3, 0.4) is 0 Å². The van der Waals surface area contributed by atoms with E-state index in [4.69, 9.17) is 4.98 Å². The molecular weight excluding hydrogens is 384 g/mol. The Balaban J connectivity index is 1.65. The molecule has 0 radical (unpaired) electrons. The van der Waals surface area contributed by atoms with Gasteiger partial charge in [0.1, 0.15) is 5.65 Å². The molecule has 31 heavy (non-hydrogen) atoms. The van der Waals surface area contributed by atoms with Gasteiger partial charge in [-0.05, 0) is 55.3 Å². The van der Waals surface area contributed by atoms with Gasteiger partial charge < -0.3 is 9.80 Å². The predicted octanol–water partition coefficient (Wildman–Crippen LogP) is 3.89. The zero-order valence-electron chi connectivity index (χ0n) is 18.6. The molecule has 0 spiro atoms. The van der Waals surface area contributed by atoms with Crippen LogP contribution >= 0.6 is 0 Å². The Morgan fingerprint density at radius 3 is 2.45 bits per heavy atom. The lowest BCUT2D eigenvalue weighted by atomic mass is 10.1. The Bertz CT molecular complexity index is 1240. The quantitative estimate of drug-likeness (QED) is 0.511. The summed E-state index contributed by atoms with van der Waals surface area (Å²) in [5.41, 5.74) is 8.35. The number of nitrogens with zero attached hydrogens (tertiary/aromatic N) is 6. The minimum absolute atomic E-state index is 0.713. The molecule has 4 aromatic rings. The summed E-state index contributed by atoms with van der Waals surface area (Å²) < 4.78 is 2.36. The maximum atomic E-state index is 4.86. The van der Waals surface area contributed by atoms with Crippen molar-refractivity contribution >= 4 is 17.0 Å². The van der Waals surface area contributed by atoms with Gasteiger partial charge in [-0.2, -0.15) is 0 Å². The van der Waals surface area contributed by atoms with E-state index in [0.29, 0.717) is 5.95 Å². The van der Waals surface area contributed by atoms with Crippen molar-refractivity contribution in [3.8, 4) is 16.8 Å². The van der Waals surface area contributed by atoms with Crippen LogP contribution in [-0.2, 0) is 12.8 Å². The fraction of sp³-hybridized carbons (Fsp3) is 0.320. The van der Waals surface area contributed by atoms with E-state index in [1.807, 2.05) is 37.6 Å². The average Bonchev–Trinajstić information content (AvgIpc) is 2.95. The van der Waals surface area contributed by atoms with Crippen LogP contribution in [0.2, 0.25) is 0 Å². The Kier molecular flexibility index (Phi) is 4.94. The van der Waals surface area contributed by atoms with Crippen molar-refractivity contribution in [3.05, 3.63) is 65.7 Å². The van der Waals surface area contributed by atoms with Gasteiger partial charge in [0.15, 0.2) is 0 Å². The molecule has 3 aromatic heterocycles. The number of anilines is 1. The van der Waals surface area contributed by atoms with Gasteiger partial charge in [-0.15, -0.1) is 0 Å². The highest BCUT2D eigenvalue weighted by Crippen LogP contribution is 2.32. The molecule has 1 aliphatic heterocycles. The van der Waals surface area contributed by atoms with Crippen molar-refractivity contribution in [2.45, 2.75) is 19.8 Å². The molecule has 1 aliphatic rings. The Morgan fingerprint density at radius 2 is 1.68 bits per heavy atom. The first-order valence-electron chi connectivity index (χ1n) is 10.8. The molecule has 0 aliphatic carbocycles. The van der Waals surface area contributed by atoms with Gasteiger partial charge >= 0.3 is 0 Å². The first-order valence-corrected chi connectivity index (χ1v) is 10.8. The molecule has 6 heteroatoms. The Hall–Kier alpha value is -3.25. The monoisotopic (exact) mass is 412 g/mol. The molecule has 158 valence electrons. The van der Waals surface area contributed by atoms with Gasteiger partial charge in [0.25, 0.3) is 0 Å². The van der Waals surface area contributed by atoms with Crippen LogP contribution in [0.15, 0.2) is 48.9 Å². The molecule has 5 rings (SSSR count). The van der Waals surface area contributed by atoms with Crippen molar-refractivity contribution in [1.82, 2.24) is 24.4 Å². The van der Waals surface area contributed by atoms with E-state index < -0.39 is 0 Å². The molecule has 0 bridgehead atoms. The zero-order chi connectivity index (χ0) is 21.5. The topological polar surface area (TPSA) is 50.1 Å². The molecule has 0 saturated heterocycles. The SMILES string of the molecule is Cc1cnc2c(c1)c1c(n2-c2cccc(-c3cnc(N(C)C)nc3)c2)CCN(C)CC1. The Morgan fingerprint density at radius 1 is 0.903 bits per heavy atom. The third-order valence-electron chi connectivity index (χ3n) is 6.11. The summed E-state index contributed by atoms with van der Waals surface area (Å²) >= 11 is 0. The highest BCUT2D eigenvalue weighted by Gasteiger charge is 2.22. The molecule has 6 nitrogen and oxygen atoms in total. The van der Waals surface area contributed by atoms with Gasteiger partial charge in [-0.3, -0.25) is 4.57 Å². The first-order chi connectivity index (χ1) is 15.0. The average molecular weight is 413 g/mol. The summed E-state index contributed by atoms with van der Waals surface area (Å²) in [5, 5.41) is 1.29. The number of likely N-dealkylation sites (N-methyl/N-ethyl adjacent to an activating group) is 1. The number of benzene rings is 1. The second-order valence-corrected chi connectivity index (χ2v) is 8.66. The summed E-state index contributed by atoms with van der Waals surface area (Å²) in [6, 6.07) is 10.9. The Labute approximate surface area is 183 Å². The fourth-order valence-electron chi connectivity index (χ4n) is 4.44.